The molecule has 0 spiro atoms. The molecule has 9 nitrogen and oxygen atoms in total. The third kappa shape index (κ3) is 4.19. The number of nitriles is 1. The Morgan fingerprint density at radius 1 is 1.12 bits per heavy atom. The van der Waals surface area contributed by atoms with Gasteiger partial charge in [-0.1, -0.05) is 30.4 Å². The van der Waals surface area contributed by atoms with Crippen LogP contribution in [0.15, 0.2) is 45.4 Å². The minimum absolute atomic E-state index is 0.186. The summed E-state index contributed by atoms with van der Waals surface area (Å²) in [4.78, 5) is 22.4. The molecule has 0 atom stereocenters. The third-order valence-corrected chi connectivity index (χ3v) is 6.32. The van der Waals surface area contributed by atoms with Gasteiger partial charge >= 0.3 is 0 Å². The highest BCUT2D eigenvalue weighted by molar-refractivity contribution is 6.03. The topological polar surface area (TPSA) is 104 Å². The van der Waals surface area contributed by atoms with Crippen LogP contribution in [0.2, 0.25) is 0 Å². The molecule has 1 fully saturated rings. The van der Waals surface area contributed by atoms with E-state index in [0.717, 1.165) is 43.7 Å². The van der Waals surface area contributed by atoms with Crippen molar-refractivity contribution < 1.29 is 9.21 Å². The maximum absolute atomic E-state index is 13.9. The Bertz CT molecular complexity index is 1250. The van der Waals surface area contributed by atoms with Gasteiger partial charge in [-0.25, -0.2) is 0 Å². The Kier molecular flexibility index (Phi) is 6.12. The van der Waals surface area contributed by atoms with Crippen LogP contribution in [0.4, 0.5) is 11.5 Å². The molecular formula is C25H27N7O2. The second kappa shape index (κ2) is 9.51. The standard InChI is InChI=1S/C25H27N7O2/c1-18-28-29-21(34-18)17-31-14-11-27-22-20(15-26)24(30-12-7-4-8-13-30)32(23(22)25(31)33)16-19-9-5-2-3-6-10-19/h2-3,5-6,9,11H,4,7-8,10,12-14,16-17H2,1H3. The van der Waals surface area contributed by atoms with E-state index in [1.807, 2.05) is 22.8 Å². The van der Waals surface area contributed by atoms with Crippen molar-refractivity contribution in [2.75, 3.05) is 24.5 Å². The molecule has 0 aromatic carbocycles. The number of piperidine rings is 1. The molecule has 3 aliphatic rings. The van der Waals surface area contributed by atoms with Crippen LogP contribution < -0.4 is 4.90 Å². The highest BCUT2D eigenvalue weighted by Gasteiger charge is 2.34. The zero-order valence-corrected chi connectivity index (χ0v) is 19.3. The second-order valence-corrected chi connectivity index (χ2v) is 8.70. The molecule has 0 N–H and O–H groups in total. The fourth-order valence-electron chi connectivity index (χ4n) is 4.73. The number of carbonyl (C=O) groups excluding carboxylic acids is 1. The van der Waals surface area contributed by atoms with E-state index in [1.165, 1.54) is 6.42 Å². The Labute approximate surface area is 198 Å². The highest BCUT2D eigenvalue weighted by atomic mass is 16.4. The van der Waals surface area contributed by atoms with Crippen LogP contribution >= 0.6 is 0 Å². The van der Waals surface area contributed by atoms with Gasteiger partial charge in [0.1, 0.15) is 28.8 Å². The van der Waals surface area contributed by atoms with Crippen LogP contribution in [0.5, 0.6) is 0 Å². The predicted octanol–water partition coefficient (Wildman–Crippen LogP) is 3.84. The van der Waals surface area contributed by atoms with Crippen LogP contribution in [0.25, 0.3) is 0 Å². The van der Waals surface area contributed by atoms with Gasteiger partial charge in [0, 0.05) is 32.8 Å². The number of rotatable bonds is 5. The number of carbonyl (C=O) groups is 1. The Hall–Kier alpha value is -3.93. The third-order valence-electron chi connectivity index (χ3n) is 6.32. The maximum Gasteiger partial charge on any atom is 0.273 e. The van der Waals surface area contributed by atoms with Crippen LogP contribution in [0.3, 0.4) is 0 Å². The molecule has 1 amide bonds. The molecule has 2 aromatic rings. The van der Waals surface area contributed by atoms with Gasteiger partial charge in [0.05, 0.1) is 13.1 Å². The van der Waals surface area contributed by atoms with Crippen LogP contribution in [0, 0.1) is 18.3 Å². The van der Waals surface area contributed by atoms with E-state index in [2.05, 4.69) is 38.3 Å². The lowest BCUT2D eigenvalue weighted by molar-refractivity contribution is 0.0749. The largest absolute Gasteiger partial charge is 0.424 e. The van der Waals surface area contributed by atoms with E-state index < -0.39 is 0 Å². The monoisotopic (exact) mass is 457 g/mol. The number of anilines is 1. The summed E-state index contributed by atoms with van der Waals surface area (Å²) < 4.78 is 7.53. The van der Waals surface area contributed by atoms with Crippen molar-refractivity contribution in [3.05, 3.63) is 59.0 Å². The summed E-state index contributed by atoms with van der Waals surface area (Å²) in [5.41, 5.74) is 2.53. The summed E-state index contributed by atoms with van der Waals surface area (Å²) in [5, 5.41) is 18.1. The molecule has 0 saturated carbocycles. The van der Waals surface area contributed by atoms with E-state index >= 15 is 0 Å². The number of fused-ring (bicyclic) bond motifs is 1. The minimum atomic E-state index is -0.191. The summed E-state index contributed by atoms with van der Waals surface area (Å²) in [6.07, 6.45) is 16.0. The van der Waals surface area contributed by atoms with Gasteiger partial charge in [-0.05, 0) is 31.3 Å². The van der Waals surface area contributed by atoms with Gasteiger partial charge in [0.15, 0.2) is 0 Å². The van der Waals surface area contributed by atoms with Crippen LogP contribution in [-0.2, 0) is 13.1 Å². The molecular weight excluding hydrogens is 430 g/mol. The van der Waals surface area contributed by atoms with E-state index in [9.17, 15) is 10.1 Å². The maximum atomic E-state index is 13.9. The summed E-state index contributed by atoms with van der Waals surface area (Å²) in [6.45, 7) is 4.44. The van der Waals surface area contributed by atoms with E-state index in [0.29, 0.717) is 41.8 Å². The summed E-state index contributed by atoms with van der Waals surface area (Å²) in [7, 11) is 0. The number of nitrogens with zero attached hydrogens (tertiary/aromatic N) is 7. The highest BCUT2D eigenvalue weighted by Crippen LogP contribution is 2.40. The van der Waals surface area contributed by atoms with Gasteiger partial charge in [-0.15, -0.1) is 10.2 Å². The average Bonchev–Trinajstić information content (AvgIpc) is 3.20. The number of aromatic nitrogens is 3. The summed E-state index contributed by atoms with van der Waals surface area (Å²) in [5.74, 6) is 1.43. The number of hydrogen-bond donors (Lipinski definition) is 0. The Morgan fingerprint density at radius 2 is 1.97 bits per heavy atom. The predicted molar refractivity (Wildman–Crippen MR) is 128 cm³/mol. The lowest BCUT2D eigenvalue weighted by atomic mass is 10.1. The molecule has 174 valence electrons. The summed E-state index contributed by atoms with van der Waals surface area (Å²) in [6, 6.07) is 2.37. The van der Waals surface area contributed by atoms with Crippen molar-refractivity contribution in [3.63, 3.8) is 0 Å². The molecule has 1 aliphatic carbocycles. The minimum Gasteiger partial charge on any atom is -0.424 e. The van der Waals surface area contributed by atoms with Crippen LogP contribution in [0.1, 0.15) is 53.5 Å². The van der Waals surface area contributed by atoms with Crippen molar-refractivity contribution in [1.29, 1.82) is 5.26 Å². The smallest absolute Gasteiger partial charge is 0.273 e. The number of amides is 1. The van der Waals surface area contributed by atoms with Crippen molar-refractivity contribution in [2.24, 2.45) is 4.99 Å². The van der Waals surface area contributed by atoms with Crippen LogP contribution in [-0.4, -0.2) is 51.4 Å². The zero-order chi connectivity index (χ0) is 23.5. The first kappa shape index (κ1) is 21.9. The Morgan fingerprint density at radius 3 is 2.74 bits per heavy atom. The number of aliphatic imine (C=N–C) groups is 1. The van der Waals surface area contributed by atoms with Crippen molar-refractivity contribution >= 4 is 23.6 Å². The fraction of sp³-hybridized carbons (Fsp3) is 0.400. The lowest BCUT2D eigenvalue weighted by Gasteiger charge is -2.31. The van der Waals surface area contributed by atoms with E-state index in [-0.39, 0.29) is 12.5 Å². The first-order valence-electron chi connectivity index (χ1n) is 11.7. The normalized spacial score (nSPS) is 17.9. The summed E-state index contributed by atoms with van der Waals surface area (Å²) >= 11 is 0. The molecule has 2 aliphatic heterocycles. The van der Waals surface area contributed by atoms with Crippen molar-refractivity contribution in [2.45, 2.75) is 45.7 Å². The molecule has 34 heavy (non-hydrogen) atoms. The molecule has 9 heteroatoms. The Balaban J connectivity index is 1.61. The number of aryl methyl sites for hydroxylation is 1. The first-order chi connectivity index (χ1) is 16.7. The van der Waals surface area contributed by atoms with Gasteiger partial charge in [-0.3, -0.25) is 9.79 Å². The van der Waals surface area contributed by atoms with Gasteiger partial charge in [0.2, 0.25) is 11.8 Å². The van der Waals surface area contributed by atoms with Gasteiger partial charge in [0.25, 0.3) is 5.91 Å². The molecule has 0 radical (unpaired) electrons. The van der Waals surface area contributed by atoms with Crippen molar-refractivity contribution in [1.82, 2.24) is 19.7 Å². The molecule has 1 saturated heterocycles. The molecule has 0 bridgehead atoms. The van der Waals surface area contributed by atoms with Gasteiger partial charge in [-0.2, -0.15) is 5.26 Å². The second-order valence-electron chi connectivity index (χ2n) is 8.70. The lowest BCUT2D eigenvalue weighted by Crippen LogP contribution is -2.35. The van der Waals surface area contributed by atoms with E-state index in [1.54, 1.807) is 18.0 Å². The first-order valence-corrected chi connectivity index (χ1v) is 11.7. The molecule has 4 heterocycles. The molecule has 5 rings (SSSR count). The number of allylic oxidation sites excluding steroid dienone is 6. The fourth-order valence-corrected chi connectivity index (χ4v) is 4.73. The SMILES string of the molecule is Cc1nnc(CN2CC=Nc3c(C#N)c(N4CCCCC4)n(CC4=CC=CC=CC4)c3C2=O)o1. The van der Waals surface area contributed by atoms with Gasteiger partial charge < -0.3 is 18.8 Å². The molecule has 0 unspecified atom stereocenters. The van der Waals surface area contributed by atoms with Crippen molar-refractivity contribution in [3.8, 4) is 6.07 Å². The van der Waals surface area contributed by atoms with E-state index in [4.69, 9.17) is 4.42 Å². The quantitative estimate of drug-likeness (QED) is 0.676. The number of hydrogen-bond acceptors (Lipinski definition) is 7. The molecule has 2 aromatic heterocycles. The zero-order valence-electron chi connectivity index (χ0n) is 19.3. The average molecular weight is 458 g/mol.